The molecular weight excluding hydrogens is 198 g/mol. The van der Waals surface area contributed by atoms with Gasteiger partial charge in [0.25, 0.3) is 0 Å². The molecule has 2 aliphatic rings. The lowest BCUT2D eigenvalue weighted by Crippen LogP contribution is -2.48. The van der Waals surface area contributed by atoms with E-state index in [0.717, 1.165) is 6.04 Å². The van der Waals surface area contributed by atoms with Crippen LogP contribution >= 0.6 is 0 Å². The molecule has 1 N–H and O–H groups in total. The minimum atomic E-state index is 0.865. The Bertz CT molecular complexity index is 190. The van der Waals surface area contributed by atoms with Gasteiger partial charge in [0.1, 0.15) is 0 Å². The first-order valence-electron chi connectivity index (χ1n) is 7.07. The fraction of sp³-hybridized carbons (Fsp3) is 1.00. The van der Waals surface area contributed by atoms with Crippen LogP contribution in [-0.2, 0) is 0 Å². The standard InChI is InChI=1S/C13H27N3/c1-2-8-15-9-3-4-13(5-10-15)16-11-6-14-7-12-16/h13-14H,2-12H2,1H3. The van der Waals surface area contributed by atoms with E-state index in [2.05, 4.69) is 22.0 Å². The molecule has 3 heteroatoms. The van der Waals surface area contributed by atoms with E-state index in [4.69, 9.17) is 0 Å². The first-order chi connectivity index (χ1) is 7.90. The number of piperazine rings is 1. The van der Waals surface area contributed by atoms with E-state index in [1.165, 1.54) is 71.5 Å². The monoisotopic (exact) mass is 225 g/mol. The predicted octanol–water partition coefficient (Wildman–Crippen LogP) is 1.16. The van der Waals surface area contributed by atoms with Crippen molar-refractivity contribution in [3.05, 3.63) is 0 Å². The van der Waals surface area contributed by atoms with Crippen LogP contribution in [0.3, 0.4) is 0 Å². The molecule has 0 spiro atoms. The molecule has 0 radical (unpaired) electrons. The molecule has 2 heterocycles. The lowest BCUT2D eigenvalue weighted by atomic mass is 10.1. The van der Waals surface area contributed by atoms with E-state index >= 15 is 0 Å². The maximum Gasteiger partial charge on any atom is 0.0110 e. The summed E-state index contributed by atoms with van der Waals surface area (Å²) >= 11 is 0. The van der Waals surface area contributed by atoms with Gasteiger partial charge in [0.2, 0.25) is 0 Å². The van der Waals surface area contributed by atoms with Crippen LogP contribution in [0.25, 0.3) is 0 Å². The summed E-state index contributed by atoms with van der Waals surface area (Å²) in [5.41, 5.74) is 0. The molecule has 3 nitrogen and oxygen atoms in total. The van der Waals surface area contributed by atoms with E-state index in [-0.39, 0.29) is 0 Å². The van der Waals surface area contributed by atoms with E-state index in [9.17, 15) is 0 Å². The highest BCUT2D eigenvalue weighted by atomic mass is 15.2. The molecule has 0 aromatic rings. The average Bonchev–Trinajstić information content (AvgIpc) is 2.57. The van der Waals surface area contributed by atoms with Crippen LogP contribution < -0.4 is 5.32 Å². The highest BCUT2D eigenvalue weighted by Crippen LogP contribution is 2.17. The van der Waals surface area contributed by atoms with Gasteiger partial charge in [0.15, 0.2) is 0 Å². The smallest absolute Gasteiger partial charge is 0.0110 e. The van der Waals surface area contributed by atoms with Crippen LogP contribution in [0.5, 0.6) is 0 Å². The van der Waals surface area contributed by atoms with Crippen molar-refractivity contribution in [2.24, 2.45) is 0 Å². The zero-order valence-corrected chi connectivity index (χ0v) is 10.7. The number of likely N-dealkylation sites (tertiary alicyclic amines) is 1. The first kappa shape index (κ1) is 12.3. The molecule has 16 heavy (non-hydrogen) atoms. The Morgan fingerprint density at radius 3 is 2.62 bits per heavy atom. The molecule has 0 saturated carbocycles. The summed E-state index contributed by atoms with van der Waals surface area (Å²) in [5.74, 6) is 0. The number of hydrogen-bond acceptors (Lipinski definition) is 3. The normalized spacial score (nSPS) is 30.2. The van der Waals surface area contributed by atoms with Crippen molar-refractivity contribution in [3.63, 3.8) is 0 Å². The van der Waals surface area contributed by atoms with Crippen LogP contribution in [0.2, 0.25) is 0 Å². The molecule has 2 fully saturated rings. The molecule has 1 atom stereocenters. The van der Waals surface area contributed by atoms with Gasteiger partial charge in [-0.25, -0.2) is 0 Å². The highest BCUT2D eigenvalue weighted by molar-refractivity contribution is 4.80. The summed E-state index contributed by atoms with van der Waals surface area (Å²) in [6.45, 7) is 11.1. The number of rotatable bonds is 3. The van der Waals surface area contributed by atoms with E-state index in [0.29, 0.717) is 0 Å². The van der Waals surface area contributed by atoms with Gasteiger partial charge in [-0.3, -0.25) is 4.90 Å². The van der Waals surface area contributed by atoms with Crippen molar-refractivity contribution in [3.8, 4) is 0 Å². The van der Waals surface area contributed by atoms with Gasteiger partial charge in [-0.15, -0.1) is 0 Å². The van der Waals surface area contributed by atoms with Crippen molar-refractivity contribution in [2.45, 2.75) is 38.6 Å². The molecule has 0 aromatic heterocycles. The van der Waals surface area contributed by atoms with Gasteiger partial charge >= 0.3 is 0 Å². The third-order valence-electron chi connectivity index (χ3n) is 4.00. The van der Waals surface area contributed by atoms with Gasteiger partial charge in [0, 0.05) is 32.2 Å². The van der Waals surface area contributed by atoms with Crippen molar-refractivity contribution in [1.29, 1.82) is 0 Å². The molecule has 2 rings (SSSR count). The Hall–Kier alpha value is -0.120. The van der Waals surface area contributed by atoms with Crippen LogP contribution in [0.15, 0.2) is 0 Å². The summed E-state index contributed by atoms with van der Waals surface area (Å²) in [6.07, 6.45) is 5.51. The van der Waals surface area contributed by atoms with Crippen LogP contribution in [0, 0.1) is 0 Å². The fourth-order valence-corrected chi connectivity index (χ4v) is 3.09. The third kappa shape index (κ3) is 3.44. The Labute approximate surface area is 100 Å². The molecule has 0 amide bonds. The quantitative estimate of drug-likeness (QED) is 0.777. The molecule has 0 aromatic carbocycles. The number of nitrogens with zero attached hydrogens (tertiary/aromatic N) is 2. The molecule has 0 aliphatic carbocycles. The summed E-state index contributed by atoms with van der Waals surface area (Å²) in [7, 11) is 0. The molecule has 2 saturated heterocycles. The zero-order chi connectivity index (χ0) is 11.2. The molecule has 2 aliphatic heterocycles. The second-order valence-corrected chi connectivity index (χ2v) is 5.21. The lowest BCUT2D eigenvalue weighted by Gasteiger charge is -2.34. The number of nitrogens with one attached hydrogen (secondary N) is 1. The molecule has 94 valence electrons. The fourth-order valence-electron chi connectivity index (χ4n) is 3.09. The van der Waals surface area contributed by atoms with Gasteiger partial charge in [-0.05, 0) is 45.3 Å². The zero-order valence-electron chi connectivity index (χ0n) is 10.7. The van der Waals surface area contributed by atoms with Crippen molar-refractivity contribution in [1.82, 2.24) is 15.1 Å². The second kappa shape index (κ2) is 6.58. The van der Waals surface area contributed by atoms with Crippen molar-refractivity contribution in [2.75, 3.05) is 45.8 Å². The van der Waals surface area contributed by atoms with Gasteiger partial charge in [0.05, 0.1) is 0 Å². The average molecular weight is 225 g/mol. The van der Waals surface area contributed by atoms with Crippen LogP contribution in [0.4, 0.5) is 0 Å². The van der Waals surface area contributed by atoms with Gasteiger partial charge in [-0.1, -0.05) is 6.92 Å². The Balaban J connectivity index is 1.78. The Morgan fingerprint density at radius 1 is 1.06 bits per heavy atom. The van der Waals surface area contributed by atoms with Gasteiger partial charge < -0.3 is 10.2 Å². The topological polar surface area (TPSA) is 18.5 Å². The SMILES string of the molecule is CCCN1CCCC(N2CCNCC2)CC1. The van der Waals surface area contributed by atoms with E-state index in [1.807, 2.05) is 0 Å². The lowest BCUT2D eigenvalue weighted by molar-refractivity contribution is 0.157. The van der Waals surface area contributed by atoms with Crippen molar-refractivity contribution < 1.29 is 0 Å². The molecule has 1 unspecified atom stereocenters. The van der Waals surface area contributed by atoms with E-state index in [1.54, 1.807) is 0 Å². The minimum Gasteiger partial charge on any atom is -0.314 e. The Kier molecular flexibility index (Phi) is 5.07. The molecule has 0 bridgehead atoms. The van der Waals surface area contributed by atoms with Crippen LogP contribution in [0.1, 0.15) is 32.6 Å². The third-order valence-corrected chi connectivity index (χ3v) is 4.00. The summed E-state index contributed by atoms with van der Waals surface area (Å²) in [6, 6.07) is 0.865. The second-order valence-electron chi connectivity index (χ2n) is 5.21. The summed E-state index contributed by atoms with van der Waals surface area (Å²) in [5, 5.41) is 3.45. The Morgan fingerprint density at radius 2 is 1.88 bits per heavy atom. The van der Waals surface area contributed by atoms with Crippen LogP contribution in [-0.4, -0.2) is 61.7 Å². The van der Waals surface area contributed by atoms with Gasteiger partial charge in [-0.2, -0.15) is 0 Å². The number of hydrogen-bond donors (Lipinski definition) is 1. The van der Waals surface area contributed by atoms with Crippen molar-refractivity contribution >= 4 is 0 Å². The largest absolute Gasteiger partial charge is 0.314 e. The first-order valence-corrected chi connectivity index (χ1v) is 7.07. The summed E-state index contributed by atoms with van der Waals surface area (Å²) in [4.78, 5) is 5.37. The van der Waals surface area contributed by atoms with E-state index < -0.39 is 0 Å². The molecular formula is C13H27N3. The summed E-state index contributed by atoms with van der Waals surface area (Å²) < 4.78 is 0. The highest BCUT2D eigenvalue weighted by Gasteiger charge is 2.23. The maximum atomic E-state index is 3.45. The minimum absolute atomic E-state index is 0.865. The maximum absolute atomic E-state index is 3.45. The predicted molar refractivity (Wildman–Crippen MR) is 68.8 cm³/mol.